The summed E-state index contributed by atoms with van der Waals surface area (Å²) in [6.07, 6.45) is -2.27. The summed E-state index contributed by atoms with van der Waals surface area (Å²) in [5, 5.41) is 9.66. The van der Waals surface area contributed by atoms with Gasteiger partial charge in [-0.2, -0.15) is 18.3 Å². The fourth-order valence-electron chi connectivity index (χ4n) is 1.80. The molecule has 2 aromatic heterocycles. The van der Waals surface area contributed by atoms with E-state index in [0.29, 0.717) is 12.1 Å². The summed E-state index contributed by atoms with van der Waals surface area (Å²) in [4.78, 5) is 6.91. The number of halogens is 3. The highest BCUT2D eigenvalue weighted by Gasteiger charge is 2.35. The number of aryl methyl sites for hydroxylation is 2. The number of aromatic nitrogens is 4. The van der Waals surface area contributed by atoms with Gasteiger partial charge in [-0.05, 0) is 6.42 Å². The minimum absolute atomic E-state index is 0.0596. The summed E-state index contributed by atoms with van der Waals surface area (Å²) in [5.41, 5.74) is 1.37. The Kier molecular flexibility index (Phi) is 4.01. The quantitative estimate of drug-likeness (QED) is 0.908. The van der Waals surface area contributed by atoms with Crippen LogP contribution in [-0.2, 0) is 19.6 Å². The summed E-state index contributed by atoms with van der Waals surface area (Å²) in [7, 11) is 3.23. The Bertz CT molecular complexity index is 634. The molecule has 0 saturated carbocycles. The van der Waals surface area contributed by atoms with Gasteiger partial charge in [-0.15, -0.1) is 0 Å². The van der Waals surface area contributed by atoms with Gasteiger partial charge < -0.3 is 10.6 Å². The van der Waals surface area contributed by atoms with E-state index in [-0.39, 0.29) is 11.6 Å². The second kappa shape index (κ2) is 5.58. The van der Waals surface area contributed by atoms with Crippen molar-refractivity contribution in [3.63, 3.8) is 0 Å². The Balaban J connectivity index is 2.39. The first-order valence-electron chi connectivity index (χ1n) is 6.27. The number of hydrogen-bond acceptors (Lipinski definition) is 5. The third-order valence-electron chi connectivity index (χ3n) is 2.74. The van der Waals surface area contributed by atoms with Gasteiger partial charge >= 0.3 is 6.18 Å². The van der Waals surface area contributed by atoms with E-state index < -0.39 is 12.0 Å². The number of nitrogens with one attached hydrogen (secondary N) is 2. The van der Waals surface area contributed by atoms with Crippen LogP contribution in [0.4, 0.5) is 30.5 Å². The van der Waals surface area contributed by atoms with Crippen molar-refractivity contribution in [1.29, 1.82) is 0 Å². The molecule has 0 bridgehead atoms. The van der Waals surface area contributed by atoms with Gasteiger partial charge in [-0.1, -0.05) is 6.92 Å². The highest BCUT2D eigenvalue weighted by Crippen LogP contribution is 2.29. The van der Waals surface area contributed by atoms with Crippen molar-refractivity contribution in [2.24, 2.45) is 7.05 Å². The van der Waals surface area contributed by atoms with Crippen LogP contribution in [0.3, 0.4) is 0 Å². The molecule has 114 valence electrons. The molecule has 0 fully saturated rings. The van der Waals surface area contributed by atoms with Gasteiger partial charge in [0.05, 0.1) is 11.4 Å². The summed E-state index contributed by atoms with van der Waals surface area (Å²) in [5.74, 6) is -1.05. The molecule has 2 aromatic rings. The van der Waals surface area contributed by atoms with E-state index in [0.717, 1.165) is 5.69 Å². The fraction of sp³-hybridized carbons (Fsp3) is 0.417. The first-order chi connectivity index (χ1) is 9.83. The Morgan fingerprint density at radius 3 is 2.48 bits per heavy atom. The van der Waals surface area contributed by atoms with Gasteiger partial charge in [0.15, 0.2) is 0 Å². The molecule has 0 amide bonds. The molecule has 2 heterocycles. The van der Waals surface area contributed by atoms with Crippen LogP contribution in [0.2, 0.25) is 0 Å². The van der Waals surface area contributed by atoms with Crippen molar-refractivity contribution in [3.05, 3.63) is 23.8 Å². The first-order valence-corrected chi connectivity index (χ1v) is 6.27. The van der Waals surface area contributed by atoms with E-state index in [1.54, 1.807) is 17.9 Å². The van der Waals surface area contributed by atoms with Crippen LogP contribution < -0.4 is 10.6 Å². The Morgan fingerprint density at radius 1 is 1.24 bits per heavy atom. The van der Waals surface area contributed by atoms with Crippen LogP contribution in [0.5, 0.6) is 0 Å². The molecular weight excluding hydrogens is 285 g/mol. The third-order valence-corrected chi connectivity index (χ3v) is 2.74. The van der Waals surface area contributed by atoms with Crippen molar-refractivity contribution in [1.82, 2.24) is 19.7 Å². The number of alkyl halides is 3. The number of anilines is 3. The molecular formula is C12H15F3N6. The normalized spacial score (nSPS) is 11.5. The lowest BCUT2D eigenvalue weighted by molar-refractivity contribution is -0.144. The molecule has 0 spiro atoms. The zero-order valence-corrected chi connectivity index (χ0v) is 11.8. The fourth-order valence-corrected chi connectivity index (χ4v) is 1.80. The maximum atomic E-state index is 12.8. The number of rotatable bonds is 4. The predicted octanol–water partition coefficient (Wildman–Crippen LogP) is 2.58. The highest BCUT2D eigenvalue weighted by atomic mass is 19.4. The largest absolute Gasteiger partial charge is 0.451 e. The monoisotopic (exact) mass is 300 g/mol. The molecule has 0 aliphatic heterocycles. The van der Waals surface area contributed by atoms with E-state index >= 15 is 0 Å². The molecule has 0 atom stereocenters. The average molecular weight is 300 g/mol. The third kappa shape index (κ3) is 3.41. The van der Waals surface area contributed by atoms with Gasteiger partial charge in [0.25, 0.3) is 0 Å². The smallest absolute Gasteiger partial charge is 0.373 e. The predicted molar refractivity (Wildman–Crippen MR) is 72.4 cm³/mol. The Labute approximate surface area is 119 Å². The van der Waals surface area contributed by atoms with Crippen molar-refractivity contribution < 1.29 is 13.2 Å². The van der Waals surface area contributed by atoms with Crippen molar-refractivity contribution in [2.45, 2.75) is 19.5 Å². The lowest BCUT2D eigenvalue weighted by Crippen LogP contribution is -2.13. The second-order valence-electron chi connectivity index (χ2n) is 4.35. The van der Waals surface area contributed by atoms with Gasteiger partial charge in [0.2, 0.25) is 5.82 Å². The minimum atomic E-state index is -4.61. The summed E-state index contributed by atoms with van der Waals surface area (Å²) in [6, 6.07) is 1.40. The Hall–Kier alpha value is -2.32. The van der Waals surface area contributed by atoms with E-state index in [9.17, 15) is 13.2 Å². The molecule has 2 N–H and O–H groups in total. The first kappa shape index (κ1) is 15.1. The molecule has 0 aliphatic rings. The van der Waals surface area contributed by atoms with Crippen LogP contribution in [0.25, 0.3) is 0 Å². The maximum Gasteiger partial charge on any atom is 0.451 e. The molecule has 0 radical (unpaired) electrons. The summed E-state index contributed by atoms with van der Waals surface area (Å²) >= 11 is 0. The minimum Gasteiger partial charge on any atom is -0.373 e. The highest BCUT2D eigenvalue weighted by molar-refractivity contribution is 5.60. The SMILES string of the molecule is CCc1nn(C)cc1Nc1cc(NC)nc(C(F)(F)F)n1. The molecule has 0 unspecified atom stereocenters. The van der Waals surface area contributed by atoms with Gasteiger partial charge in [0.1, 0.15) is 11.6 Å². The zero-order chi connectivity index (χ0) is 15.6. The standard InChI is InChI=1S/C12H15F3N6/c1-4-7-8(6-21(3)20-7)17-10-5-9(16-2)18-11(19-10)12(13,14)15/h5-6H,4H2,1-3H3,(H2,16,17,18,19). The van der Waals surface area contributed by atoms with Crippen molar-refractivity contribution in [3.8, 4) is 0 Å². The molecule has 6 nitrogen and oxygen atoms in total. The number of hydrogen-bond donors (Lipinski definition) is 2. The van der Waals surface area contributed by atoms with E-state index in [1.807, 2.05) is 6.92 Å². The van der Waals surface area contributed by atoms with E-state index in [2.05, 4.69) is 25.7 Å². The second-order valence-corrected chi connectivity index (χ2v) is 4.35. The van der Waals surface area contributed by atoms with Crippen molar-refractivity contribution in [2.75, 3.05) is 17.7 Å². The van der Waals surface area contributed by atoms with Gasteiger partial charge in [-0.3, -0.25) is 4.68 Å². The lowest BCUT2D eigenvalue weighted by atomic mass is 10.3. The Morgan fingerprint density at radius 2 is 1.90 bits per heavy atom. The van der Waals surface area contributed by atoms with E-state index in [4.69, 9.17) is 0 Å². The average Bonchev–Trinajstić information content (AvgIpc) is 2.77. The summed E-state index contributed by atoms with van der Waals surface area (Å²) < 4.78 is 39.9. The molecule has 0 aliphatic carbocycles. The topological polar surface area (TPSA) is 67.7 Å². The van der Waals surface area contributed by atoms with Crippen LogP contribution >= 0.6 is 0 Å². The summed E-state index contributed by atoms with van der Waals surface area (Å²) in [6.45, 7) is 1.91. The van der Waals surface area contributed by atoms with Crippen LogP contribution in [0.15, 0.2) is 12.3 Å². The number of nitrogens with zero attached hydrogens (tertiary/aromatic N) is 4. The molecule has 0 saturated heterocycles. The van der Waals surface area contributed by atoms with Crippen LogP contribution in [0, 0.1) is 0 Å². The molecule has 2 rings (SSSR count). The van der Waals surface area contributed by atoms with Crippen molar-refractivity contribution >= 4 is 17.3 Å². The van der Waals surface area contributed by atoms with Crippen LogP contribution in [0.1, 0.15) is 18.4 Å². The van der Waals surface area contributed by atoms with Crippen LogP contribution in [-0.4, -0.2) is 26.8 Å². The van der Waals surface area contributed by atoms with E-state index in [1.165, 1.54) is 13.1 Å². The van der Waals surface area contributed by atoms with Gasteiger partial charge in [-0.25, -0.2) is 9.97 Å². The maximum absolute atomic E-state index is 12.8. The molecule has 0 aromatic carbocycles. The molecule has 9 heteroatoms. The lowest BCUT2D eigenvalue weighted by Gasteiger charge is -2.11. The molecule has 21 heavy (non-hydrogen) atoms. The van der Waals surface area contributed by atoms with Gasteiger partial charge in [0, 0.05) is 26.4 Å². The zero-order valence-electron chi connectivity index (χ0n) is 11.8.